The van der Waals surface area contributed by atoms with Gasteiger partial charge in [-0.1, -0.05) is 12.1 Å². The van der Waals surface area contributed by atoms with Gasteiger partial charge in [-0.2, -0.15) is 0 Å². The van der Waals surface area contributed by atoms with Crippen LogP contribution < -0.4 is 4.74 Å². The molecule has 0 saturated carbocycles. The molecule has 0 aliphatic rings. The Morgan fingerprint density at radius 2 is 2.08 bits per heavy atom. The Kier molecular flexibility index (Phi) is 4.18. The lowest BCUT2D eigenvalue weighted by molar-refractivity contribution is -0.386. The molecule has 1 N–H and O–H groups in total. The Balaban J connectivity index is 1.98. The van der Waals surface area contributed by atoms with Crippen molar-refractivity contribution in [2.45, 2.75) is 6.92 Å². The average molecular weight is 342 g/mol. The van der Waals surface area contributed by atoms with Crippen molar-refractivity contribution in [3.05, 3.63) is 56.6 Å². The van der Waals surface area contributed by atoms with E-state index in [9.17, 15) is 15.2 Å². The lowest BCUT2D eigenvalue weighted by Crippen LogP contribution is -1.93. The fourth-order valence-electron chi connectivity index (χ4n) is 2.30. The van der Waals surface area contributed by atoms with Crippen LogP contribution in [0.5, 0.6) is 11.5 Å². The van der Waals surface area contributed by atoms with Crippen molar-refractivity contribution in [3.8, 4) is 11.5 Å². The van der Waals surface area contributed by atoms with Gasteiger partial charge >= 0.3 is 5.69 Å². The maximum Gasteiger partial charge on any atom is 0.315 e. The second kappa shape index (κ2) is 6.29. The number of methoxy groups -OCH3 is 1. The lowest BCUT2D eigenvalue weighted by atomic mass is 10.1. The van der Waals surface area contributed by atoms with Crippen molar-refractivity contribution < 1.29 is 14.8 Å². The molecule has 0 radical (unpaired) electrons. The van der Waals surface area contributed by atoms with Crippen LogP contribution in [-0.2, 0) is 0 Å². The molecule has 24 heavy (non-hydrogen) atoms. The van der Waals surface area contributed by atoms with Gasteiger partial charge in [-0.25, -0.2) is 4.98 Å². The van der Waals surface area contributed by atoms with E-state index in [0.717, 1.165) is 20.8 Å². The second-order valence-electron chi connectivity index (χ2n) is 5.20. The van der Waals surface area contributed by atoms with Gasteiger partial charge in [0.25, 0.3) is 0 Å². The summed E-state index contributed by atoms with van der Waals surface area (Å²) in [7, 11) is 1.35. The molecule has 2 aromatic carbocycles. The number of phenols is 1. The number of rotatable bonds is 4. The molecule has 1 heterocycles. The summed E-state index contributed by atoms with van der Waals surface area (Å²) >= 11 is 1.54. The van der Waals surface area contributed by atoms with Gasteiger partial charge in [-0.05, 0) is 42.3 Å². The maximum absolute atomic E-state index is 11.0. The highest BCUT2D eigenvalue weighted by Gasteiger charge is 2.19. The average Bonchev–Trinajstić information content (AvgIpc) is 2.95. The predicted molar refractivity (Wildman–Crippen MR) is 94.6 cm³/mol. The molecule has 0 unspecified atom stereocenters. The first-order chi connectivity index (χ1) is 11.5. The van der Waals surface area contributed by atoms with Crippen molar-refractivity contribution >= 4 is 39.4 Å². The quantitative estimate of drug-likeness (QED) is 0.561. The summed E-state index contributed by atoms with van der Waals surface area (Å²) in [6.45, 7) is 2.01. The molecule has 0 amide bonds. The number of aromatic hydroxyl groups is 1. The van der Waals surface area contributed by atoms with E-state index < -0.39 is 16.4 Å². The number of hydrogen-bond acceptors (Lipinski definition) is 6. The predicted octanol–water partition coefficient (Wildman–Crippen LogP) is 4.40. The molecule has 1 aromatic heterocycles. The third-order valence-corrected chi connectivity index (χ3v) is 4.47. The van der Waals surface area contributed by atoms with Crippen molar-refractivity contribution in [1.82, 2.24) is 4.98 Å². The van der Waals surface area contributed by atoms with E-state index in [4.69, 9.17) is 4.74 Å². The first kappa shape index (κ1) is 15.9. The molecule has 122 valence electrons. The molecular formula is C17H14N2O4S. The normalized spacial score (nSPS) is 11.2. The van der Waals surface area contributed by atoms with Crippen molar-refractivity contribution in [1.29, 1.82) is 0 Å². The van der Waals surface area contributed by atoms with Gasteiger partial charge in [0.1, 0.15) is 5.01 Å². The van der Waals surface area contributed by atoms with E-state index >= 15 is 0 Å². The minimum Gasteiger partial charge on any atom is -0.500 e. The Morgan fingerprint density at radius 1 is 1.29 bits per heavy atom. The number of nitrogens with zero attached hydrogens (tertiary/aromatic N) is 2. The highest BCUT2D eigenvalue weighted by molar-refractivity contribution is 7.19. The van der Waals surface area contributed by atoms with Crippen LogP contribution in [0.4, 0.5) is 5.69 Å². The van der Waals surface area contributed by atoms with Gasteiger partial charge in [-0.3, -0.25) is 10.1 Å². The molecule has 3 aromatic rings. The third-order valence-electron chi connectivity index (χ3n) is 3.47. The summed E-state index contributed by atoms with van der Waals surface area (Å²) in [6, 6.07) is 8.90. The van der Waals surface area contributed by atoms with E-state index in [-0.39, 0.29) is 5.75 Å². The smallest absolute Gasteiger partial charge is 0.315 e. The zero-order valence-corrected chi connectivity index (χ0v) is 13.8. The van der Waals surface area contributed by atoms with Crippen LogP contribution in [0.2, 0.25) is 0 Å². The van der Waals surface area contributed by atoms with Crippen LogP contribution in [0.3, 0.4) is 0 Å². The summed E-state index contributed by atoms with van der Waals surface area (Å²) in [5.74, 6) is -0.418. The summed E-state index contributed by atoms with van der Waals surface area (Å²) in [5, 5.41) is 21.6. The number of aromatic nitrogens is 1. The first-order valence-electron chi connectivity index (χ1n) is 7.08. The van der Waals surface area contributed by atoms with Crippen LogP contribution in [0.15, 0.2) is 30.3 Å². The molecule has 0 fully saturated rings. The molecule has 7 heteroatoms. The summed E-state index contributed by atoms with van der Waals surface area (Å²) < 4.78 is 6.07. The van der Waals surface area contributed by atoms with Crippen LogP contribution >= 0.6 is 11.3 Å². The number of thiazole rings is 1. The molecule has 6 nitrogen and oxygen atoms in total. The van der Waals surface area contributed by atoms with Crippen molar-refractivity contribution in [2.24, 2.45) is 0 Å². The van der Waals surface area contributed by atoms with Gasteiger partial charge in [0.2, 0.25) is 5.75 Å². The second-order valence-corrected chi connectivity index (χ2v) is 6.27. The van der Waals surface area contributed by atoms with Crippen LogP contribution in [-0.4, -0.2) is 22.1 Å². The lowest BCUT2D eigenvalue weighted by Gasteiger charge is -2.05. The minimum absolute atomic E-state index is 0.0591. The van der Waals surface area contributed by atoms with Crippen LogP contribution in [0, 0.1) is 17.0 Å². The Bertz CT molecular complexity index is 963. The highest BCUT2D eigenvalue weighted by atomic mass is 32.1. The standard InChI is InChI=1S/C17H14N2O4S/c1-10-3-5-15-12(7-10)18-16(24-15)6-4-11-8-13(19(21)22)17(20)14(9-11)23-2/h3-9,20H,1-2H3/b6-4+. The fraction of sp³-hybridized carbons (Fsp3) is 0.118. The summed E-state index contributed by atoms with van der Waals surface area (Å²) in [5.41, 5.74) is 2.22. The number of aryl methyl sites for hydroxylation is 1. The van der Waals surface area contributed by atoms with Crippen LogP contribution in [0.1, 0.15) is 16.1 Å². The Morgan fingerprint density at radius 3 is 2.79 bits per heavy atom. The molecule has 0 bridgehead atoms. The van der Waals surface area contributed by atoms with Gasteiger partial charge in [0.05, 0.1) is 22.2 Å². The molecule has 0 aliphatic carbocycles. The molecule has 0 atom stereocenters. The van der Waals surface area contributed by atoms with E-state index in [2.05, 4.69) is 4.98 Å². The molecule has 3 rings (SSSR count). The van der Waals surface area contributed by atoms with E-state index in [1.807, 2.05) is 25.1 Å². The van der Waals surface area contributed by atoms with Crippen molar-refractivity contribution in [2.75, 3.05) is 7.11 Å². The monoisotopic (exact) mass is 342 g/mol. The number of hydrogen-bond donors (Lipinski definition) is 1. The number of phenolic OH excluding ortho intramolecular Hbond substituents is 1. The fourth-order valence-corrected chi connectivity index (χ4v) is 3.15. The number of benzene rings is 2. The molecular weight excluding hydrogens is 328 g/mol. The van der Waals surface area contributed by atoms with Gasteiger partial charge in [-0.15, -0.1) is 11.3 Å². The number of fused-ring (bicyclic) bond motifs is 1. The topological polar surface area (TPSA) is 85.5 Å². The SMILES string of the molecule is COc1cc(/C=C/c2nc3cc(C)ccc3s2)cc([N+](=O)[O-])c1O. The number of ether oxygens (including phenoxy) is 1. The number of nitro groups is 1. The summed E-state index contributed by atoms with van der Waals surface area (Å²) in [4.78, 5) is 14.9. The van der Waals surface area contributed by atoms with Gasteiger partial charge in [0.15, 0.2) is 5.75 Å². The Hall–Kier alpha value is -2.93. The first-order valence-corrected chi connectivity index (χ1v) is 7.90. The van der Waals surface area contributed by atoms with E-state index in [1.54, 1.807) is 12.2 Å². The third kappa shape index (κ3) is 3.07. The highest BCUT2D eigenvalue weighted by Crippen LogP contribution is 2.37. The minimum atomic E-state index is -0.643. The largest absolute Gasteiger partial charge is 0.500 e. The van der Waals surface area contributed by atoms with Gasteiger partial charge < -0.3 is 9.84 Å². The van der Waals surface area contributed by atoms with Crippen molar-refractivity contribution in [3.63, 3.8) is 0 Å². The summed E-state index contributed by atoms with van der Waals surface area (Å²) in [6.07, 6.45) is 3.50. The van der Waals surface area contributed by atoms with Gasteiger partial charge in [0, 0.05) is 6.07 Å². The maximum atomic E-state index is 11.0. The molecule has 0 spiro atoms. The number of nitro benzene ring substituents is 1. The Labute approximate surface area is 141 Å². The van der Waals surface area contributed by atoms with E-state index in [1.165, 1.54) is 30.6 Å². The van der Waals surface area contributed by atoms with E-state index in [0.29, 0.717) is 5.56 Å². The zero-order chi connectivity index (χ0) is 17.3. The van der Waals surface area contributed by atoms with Crippen LogP contribution in [0.25, 0.3) is 22.4 Å². The molecule has 0 saturated heterocycles. The zero-order valence-electron chi connectivity index (χ0n) is 13.0. The molecule has 0 aliphatic heterocycles.